The van der Waals surface area contributed by atoms with E-state index in [1.165, 1.54) is 25.1 Å². The van der Waals surface area contributed by atoms with Crippen LogP contribution in [0.2, 0.25) is 0 Å². The molecule has 6 heteroatoms. The van der Waals surface area contributed by atoms with Crippen molar-refractivity contribution in [3.8, 4) is 0 Å². The van der Waals surface area contributed by atoms with Crippen molar-refractivity contribution in [2.75, 3.05) is 0 Å². The topological polar surface area (TPSA) is 74.6 Å². The highest BCUT2D eigenvalue weighted by molar-refractivity contribution is 7.80. The predicted octanol–water partition coefficient (Wildman–Crippen LogP) is 1.90. The minimum Gasteiger partial charge on any atom is -0.479 e. The maximum Gasteiger partial charge on any atom is 0.337 e. The summed E-state index contributed by atoms with van der Waals surface area (Å²) in [5.41, 5.74) is 0.334. The van der Waals surface area contributed by atoms with E-state index in [0.29, 0.717) is 4.90 Å². The molecule has 2 unspecified atom stereocenters. The molecule has 17 heavy (non-hydrogen) atoms. The molecule has 4 nitrogen and oxygen atoms in total. The van der Waals surface area contributed by atoms with Crippen LogP contribution < -0.4 is 0 Å². The van der Waals surface area contributed by atoms with E-state index < -0.39 is 17.5 Å². The molecule has 0 aromatic heterocycles. The van der Waals surface area contributed by atoms with Gasteiger partial charge in [0.25, 0.3) is 0 Å². The average molecular weight is 275 g/mol. The molecule has 1 aromatic carbocycles. The van der Waals surface area contributed by atoms with Crippen molar-refractivity contribution in [3.63, 3.8) is 0 Å². The van der Waals surface area contributed by atoms with Crippen molar-refractivity contribution in [2.45, 2.75) is 23.3 Å². The van der Waals surface area contributed by atoms with E-state index in [4.69, 9.17) is 16.7 Å². The zero-order chi connectivity index (χ0) is 13.2. The number of rotatable bonds is 4. The summed E-state index contributed by atoms with van der Waals surface area (Å²) in [5.74, 6) is -1.73. The van der Waals surface area contributed by atoms with Crippen LogP contribution in [0.4, 0.5) is 0 Å². The van der Waals surface area contributed by atoms with Crippen LogP contribution >= 0.6 is 24.2 Å². The lowest BCUT2D eigenvalue weighted by Gasteiger charge is -2.10. The molecule has 1 rings (SSSR count). The Kier molecular flexibility index (Phi) is 4.56. The summed E-state index contributed by atoms with van der Waals surface area (Å²) in [7, 11) is 0. The molecule has 0 fully saturated rings. The number of carbonyl (C=O) groups excluding carboxylic acids is 1. The molecule has 0 heterocycles. The zero-order valence-electron chi connectivity index (χ0n) is 8.92. The number of hydrogen-bond acceptors (Lipinski definition) is 4. The third-order valence-corrected chi connectivity index (χ3v) is 2.59. The second-order valence-corrected chi connectivity index (χ2v) is 4.71. The molecule has 1 aromatic rings. The monoisotopic (exact) mass is 274 g/mol. The molecule has 2 N–H and O–H groups in total. The van der Waals surface area contributed by atoms with Gasteiger partial charge < -0.3 is 10.2 Å². The number of ketones is 1. The largest absolute Gasteiger partial charge is 0.479 e. The summed E-state index contributed by atoms with van der Waals surface area (Å²) in [6, 6.07) is 4.17. The Morgan fingerprint density at radius 1 is 1.35 bits per heavy atom. The number of alkyl halides is 1. The van der Waals surface area contributed by atoms with Crippen molar-refractivity contribution >= 4 is 36.0 Å². The van der Waals surface area contributed by atoms with E-state index in [-0.39, 0.29) is 16.9 Å². The van der Waals surface area contributed by atoms with E-state index >= 15 is 0 Å². The van der Waals surface area contributed by atoms with Gasteiger partial charge in [-0.15, -0.1) is 24.2 Å². The molecule has 0 spiro atoms. The summed E-state index contributed by atoms with van der Waals surface area (Å²) in [6.07, 6.45) is -1.68. The van der Waals surface area contributed by atoms with Gasteiger partial charge >= 0.3 is 5.97 Å². The number of aliphatic hydroxyl groups is 1. The highest BCUT2D eigenvalue weighted by Gasteiger charge is 2.20. The normalized spacial score (nSPS) is 14.1. The van der Waals surface area contributed by atoms with Gasteiger partial charge in [0.1, 0.15) is 0 Å². The zero-order valence-corrected chi connectivity index (χ0v) is 10.6. The molecule has 0 saturated carbocycles. The second-order valence-electron chi connectivity index (χ2n) is 3.53. The van der Waals surface area contributed by atoms with Crippen LogP contribution in [0.1, 0.15) is 28.9 Å². The van der Waals surface area contributed by atoms with Crippen LogP contribution in [-0.4, -0.2) is 27.3 Å². The number of aliphatic carboxylic acids is 1. The van der Waals surface area contributed by atoms with Gasteiger partial charge in [0.2, 0.25) is 0 Å². The first kappa shape index (κ1) is 14.0. The SMILES string of the molecule is CC(Cl)C(=O)c1cc(S)cc(C(O)C(=O)O)c1. The summed E-state index contributed by atoms with van der Waals surface area (Å²) < 4.78 is 0. The highest BCUT2D eigenvalue weighted by Crippen LogP contribution is 2.21. The van der Waals surface area contributed by atoms with Crippen LogP contribution in [-0.2, 0) is 4.79 Å². The number of aliphatic hydroxyl groups excluding tert-OH is 1. The lowest BCUT2D eigenvalue weighted by Crippen LogP contribution is -2.14. The first-order chi connectivity index (χ1) is 7.82. The van der Waals surface area contributed by atoms with Gasteiger partial charge in [0.05, 0.1) is 5.38 Å². The van der Waals surface area contributed by atoms with E-state index in [0.717, 1.165) is 0 Å². The standard InChI is InChI=1S/C11H11ClO4S/c1-5(12)9(13)6-2-7(4-8(17)3-6)10(14)11(15)16/h2-5,10,14,17H,1H3,(H,15,16). The Balaban J connectivity index is 3.19. The number of carboxylic acid groups (broad SMARTS) is 1. The van der Waals surface area contributed by atoms with Crippen molar-refractivity contribution in [1.29, 1.82) is 0 Å². The molecule has 2 atom stereocenters. The van der Waals surface area contributed by atoms with Gasteiger partial charge in [-0.25, -0.2) is 4.79 Å². The van der Waals surface area contributed by atoms with Crippen molar-refractivity contribution in [3.05, 3.63) is 29.3 Å². The quantitative estimate of drug-likeness (QED) is 0.445. The van der Waals surface area contributed by atoms with Gasteiger partial charge in [0, 0.05) is 10.5 Å². The lowest BCUT2D eigenvalue weighted by molar-refractivity contribution is -0.146. The van der Waals surface area contributed by atoms with Gasteiger partial charge in [-0.2, -0.15) is 0 Å². The first-order valence-electron chi connectivity index (χ1n) is 4.76. The second kappa shape index (κ2) is 5.53. The van der Waals surface area contributed by atoms with Crippen LogP contribution in [0, 0.1) is 0 Å². The fraction of sp³-hybridized carbons (Fsp3) is 0.273. The fourth-order valence-electron chi connectivity index (χ4n) is 1.31. The third kappa shape index (κ3) is 3.46. The maximum absolute atomic E-state index is 11.6. The van der Waals surface area contributed by atoms with Crippen LogP contribution in [0.15, 0.2) is 23.1 Å². The van der Waals surface area contributed by atoms with Gasteiger partial charge in [-0.1, -0.05) is 0 Å². The molecule has 92 valence electrons. The van der Waals surface area contributed by atoms with Crippen molar-refractivity contribution in [1.82, 2.24) is 0 Å². The Morgan fingerprint density at radius 2 is 1.94 bits per heavy atom. The number of thiol groups is 1. The van der Waals surface area contributed by atoms with E-state index in [9.17, 15) is 14.7 Å². The third-order valence-electron chi connectivity index (χ3n) is 2.14. The summed E-state index contributed by atoms with van der Waals surface area (Å²) in [5, 5.41) is 17.3. The lowest BCUT2D eigenvalue weighted by atomic mass is 10.0. The molecule has 0 aliphatic heterocycles. The van der Waals surface area contributed by atoms with E-state index in [1.807, 2.05) is 0 Å². The van der Waals surface area contributed by atoms with Crippen molar-refractivity contribution in [2.24, 2.45) is 0 Å². The molecule has 0 radical (unpaired) electrons. The number of benzene rings is 1. The van der Waals surface area contributed by atoms with Gasteiger partial charge in [0.15, 0.2) is 11.9 Å². The smallest absolute Gasteiger partial charge is 0.337 e. The summed E-state index contributed by atoms with van der Waals surface area (Å²) >= 11 is 9.71. The van der Waals surface area contributed by atoms with Crippen LogP contribution in [0.25, 0.3) is 0 Å². The Hall–Kier alpha value is -1.04. The highest BCUT2D eigenvalue weighted by atomic mass is 35.5. The minimum atomic E-state index is -1.68. The minimum absolute atomic E-state index is 0.102. The first-order valence-corrected chi connectivity index (χ1v) is 5.64. The Morgan fingerprint density at radius 3 is 2.41 bits per heavy atom. The molecule has 0 aliphatic carbocycles. The molecule has 0 aliphatic rings. The van der Waals surface area contributed by atoms with Crippen LogP contribution in [0.3, 0.4) is 0 Å². The number of Topliss-reactive ketones (excluding diaryl/α,β-unsaturated/α-hetero) is 1. The number of hydrogen-bond donors (Lipinski definition) is 3. The summed E-state index contributed by atoms with van der Waals surface area (Å²) in [6.45, 7) is 1.52. The molecule has 0 saturated heterocycles. The Bertz CT molecular complexity index is 459. The summed E-state index contributed by atoms with van der Waals surface area (Å²) in [4.78, 5) is 22.7. The van der Waals surface area contributed by atoms with Crippen molar-refractivity contribution < 1.29 is 19.8 Å². The molecular formula is C11H11ClO4S. The average Bonchev–Trinajstić information content (AvgIpc) is 2.25. The van der Waals surface area contributed by atoms with Gasteiger partial charge in [-0.05, 0) is 30.7 Å². The Labute approximate surface area is 109 Å². The molecule has 0 bridgehead atoms. The molecular weight excluding hydrogens is 264 g/mol. The number of carboxylic acids is 1. The number of halogens is 1. The predicted molar refractivity (Wildman–Crippen MR) is 65.9 cm³/mol. The number of carbonyl (C=O) groups is 2. The maximum atomic E-state index is 11.6. The van der Waals surface area contributed by atoms with Gasteiger partial charge in [-0.3, -0.25) is 4.79 Å². The van der Waals surface area contributed by atoms with E-state index in [1.54, 1.807) is 0 Å². The van der Waals surface area contributed by atoms with E-state index in [2.05, 4.69) is 12.6 Å². The molecule has 0 amide bonds. The fourth-order valence-corrected chi connectivity index (χ4v) is 1.72. The van der Waals surface area contributed by atoms with Crippen LogP contribution in [0.5, 0.6) is 0 Å².